The molecule has 20 heavy (non-hydrogen) atoms. The standard InChI is InChI=1S/C14H23N3O3/c1-4-11-12(15)13(17(2)16-11)14(18)20-10-7-5-6-9(8-10)19-3/h9-10H,4-8,15H2,1-3H3. The highest BCUT2D eigenvalue weighted by molar-refractivity contribution is 5.93. The fraction of sp³-hybridized carbons (Fsp3) is 0.714. The second kappa shape index (κ2) is 6.26. The van der Waals surface area contributed by atoms with Gasteiger partial charge in [-0.1, -0.05) is 6.92 Å². The molecule has 0 aromatic carbocycles. The Kier molecular flexibility index (Phi) is 4.65. The summed E-state index contributed by atoms with van der Waals surface area (Å²) in [6, 6.07) is 0. The third-order valence-corrected chi connectivity index (χ3v) is 3.87. The molecule has 6 nitrogen and oxygen atoms in total. The topological polar surface area (TPSA) is 79.4 Å². The summed E-state index contributed by atoms with van der Waals surface area (Å²) in [5.74, 6) is -0.390. The largest absolute Gasteiger partial charge is 0.458 e. The van der Waals surface area contributed by atoms with Gasteiger partial charge in [-0.25, -0.2) is 4.79 Å². The van der Waals surface area contributed by atoms with Crippen LogP contribution in [0.25, 0.3) is 0 Å². The zero-order valence-corrected chi connectivity index (χ0v) is 12.4. The molecule has 1 heterocycles. The number of nitrogen functional groups attached to an aromatic ring is 1. The van der Waals surface area contributed by atoms with E-state index in [2.05, 4.69) is 5.10 Å². The average Bonchev–Trinajstić information content (AvgIpc) is 2.73. The van der Waals surface area contributed by atoms with Gasteiger partial charge in [-0.2, -0.15) is 5.10 Å². The average molecular weight is 281 g/mol. The van der Waals surface area contributed by atoms with Gasteiger partial charge in [0.1, 0.15) is 6.10 Å². The number of nitrogens with zero attached hydrogens (tertiary/aromatic N) is 2. The van der Waals surface area contributed by atoms with Crippen LogP contribution in [0.3, 0.4) is 0 Å². The van der Waals surface area contributed by atoms with Crippen molar-refractivity contribution >= 4 is 11.7 Å². The summed E-state index contributed by atoms with van der Waals surface area (Å²) in [7, 11) is 3.41. The van der Waals surface area contributed by atoms with Gasteiger partial charge in [0.05, 0.1) is 17.5 Å². The summed E-state index contributed by atoms with van der Waals surface area (Å²) in [5, 5.41) is 4.24. The maximum atomic E-state index is 12.3. The number of nitrogens with two attached hydrogens (primary N) is 1. The van der Waals surface area contributed by atoms with Crippen LogP contribution in [0.15, 0.2) is 0 Å². The SMILES string of the molecule is CCc1nn(C)c(C(=O)OC2CCCC(OC)C2)c1N. The molecule has 1 fully saturated rings. The van der Waals surface area contributed by atoms with E-state index >= 15 is 0 Å². The number of aromatic nitrogens is 2. The summed E-state index contributed by atoms with van der Waals surface area (Å²) in [5.41, 5.74) is 7.48. The molecule has 0 spiro atoms. The van der Waals surface area contributed by atoms with Crippen molar-refractivity contribution in [2.24, 2.45) is 7.05 Å². The van der Waals surface area contributed by atoms with Gasteiger partial charge in [-0.3, -0.25) is 4.68 Å². The van der Waals surface area contributed by atoms with E-state index in [0.717, 1.165) is 31.4 Å². The van der Waals surface area contributed by atoms with Gasteiger partial charge in [0.15, 0.2) is 5.69 Å². The van der Waals surface area contributed by atoms with Crippen molar-refractivity contribution in [1.29, 1.82) is 0 Å². The van der Waals surface area contributed by atoms with Crippen LogP contribution in [0.5, 0.6) is 0 Å². The van der Waals surface area contributed by atoms with E-state index < -0.39 is 0 Å². The predicted molar refractivity (Wildman–Crippen MR) is 75.5 cm³/mol. The number of hydrogen-bond acceptors (Lipinski definition) is 5. The van der Waals surface area contributed by atoms with Crippen LogP contribution in [0.1, 0.15) is 48.8 Å². The third kappa shape index (κ3) is 2.95. The Labute approximate surface area is 119 Å². The normalized spacial score (nSPS) is 22.8. The Morgan fingerprint density at radius 3 is 2.75 bits per heavy atom. The van der Waals surface area contributed by atoms with Crippen molar-refractivity contribution in [3.05, 3.63) is 11.4 Å². The van der Waals surface area contributed by atoms with E-state index in [-0.39, 0.29) is 18.2 Å². The van der Waals surface area contributed by atoms with E-state index in [0.29, 0.717) is 17.8 Å². The zero-order valence-electron chi connectivity index (χ0n) is 12.4. The maximum absolute atomic E-state index is 12.3. The summed E-state index contributed by atoms with van der Waals surface area (Å²) in [6.45, 7) is 1.96. The molecule has 1 aliphatic carbocycles. The summed E-state index contributed by atoms with van der Waals surface area (Å²) >= 11 is 0. The van der Waals surface area contributed by atoms with Crippen LogP contribution in [0.2, 0.25) is 0 Å². The van der Waals surface area contributed by atoms with Crippen LogP contribution >= 0.6 is 0 Å². The fourth-order valence-electron chi connectivity index (χ4n) is 2.73. The van der Waals surface area contributed by atoms with Crippen LogP contribution in [-0.2, 0) is 22.9 Å². The molecular weight excluding hydrogens is 258 g/mol. The lowest BCUT2D eigenvalue weighted by Gasteiger charge is -2.27. The highest BCUT2D eigenvalue weighted by Gasteiger charge is 2.28. The van der Waals surface area contributed by atoms with Crippen molar-refractivity contribution < 1.29 is 14.3 Å². The molecule has 0 saturated heterocycles. The van der Waals surface area contributed by atoms with Crippen LogP contribution in [0.4, 0.5) is 5.69 Å². The van der Waals surface area contributed by atoms with Gasteiger partial charge in [0.2, 0.25) is 0 Å². The van der Waals surface area contributed by atoms with Crippen LogP contribution < -0.4 is 5.73 Å². The van der Waals surface area contributed by atoms with E-state index in [9.17, 15) is 4.79 Å². The lowest BCUT2D eigenvalue weighted by atomic mass is 9.95. The first kappa shape index (κ1) is 14.8. The molecule has 112 valence electrons. The molecule has 2 N–H and O–H groups in total. The number of methoxy groups -OCH3 is 1. The van der Waals surface area contributed by atoms with Gasteiger partial charge >= 0.3 is 5.97 Å². The van der Waals surface area contributed by atoms with E-state index in [1.165, 1.54) is 4.68 Å². The Morgan fingerprint density at radius 2 is 2.15 bits per heavy atom. The number of ether oxygens (including phenoxy) is 2. The van der Waals surface area contributed by atoms with Crippen LogP contribution in [-0.4, -0.2) is 35.1 Å². The second-order valence-corrected chi connectivity index (χ2v) is 5.24. The Balaban J connectivity index is 2.06. The lowest BCUT2D eigenvalue weighted by Crippen LogP contribution is -2.30. The molecule has 1 aliphatic rings. The minimum Gasteiger partial charge on any atom is -0.458 e. The minimum atomic E-state index is -0.390. The van der Waals surface area contributed by atoms with Crippen molar-refractivity contribution in [2.75, 3.05) is 12.8 Å². The summed E-state index contributed by atoms with van der Waals surface area (Å²) < 4.78 is 12.4. The number of aryl methyl sites for hydroxylation is 2. The van der Waals surface area contributed by atoms with Gasteiger partial charge in [0.25, 0.3) is 0 Å². The smallest absolute Gasteiger partial charge is 0.359 e. The Morgan fingerprint density at radius 1 is 1.45 bits per heavy atom. The number of carbonyl (C=O) groups excluding carboxylic acids is 1. The number of rotatable bonds is 4. The van der Waals surface area contributed by atoms with Crippen molar-refractivity contribution in [2.45, 2.75) is 51.2 Å². The van der Waals surface area contributed by atoms with Crippen LogP contribution in [0, 0.1) is 0 Å². The van der Waals surface area contributed by atoms with Gasteiger partial charge < -0.3 is 15.2 Å². The summed E-state index contributed by atoms with van der Waals surface area (Å²) in [6.07, 6.45) is 4.44. The molecule has 0 amide bonds. The first-order valence-corrected chi connectivity index (χ1v) is 7.11. The zero-order chi connectivity index (χ0) is 14.7. The highest BCUT2D eigenvalue weighted by Crippen LogP contribution is 2.25. The molecule has 0 bridgehead atoms. The Bertz CT molecular complexity index is 484. The number of hydrogen-bond donors (Lipinski definition) is 1. The molecule has 2 atom stereocenters. The van der Waals surface area contributed by atoms with Crippen molar-refractivity contribution in [1.82, 2.24) is 9.78 Å². The first-order chi connectivity index (χ1) is 9.56. The van der Waals surface area contributed by atoms with Crippen molar-refractivity contribution in [3.8, 4) is 0 Å². The van der Waals surface area contributed by atoms with Gasteiger partial charge in [-0.05, 0) is 25.7 Å². The quantitative estimate of drug-likeness (QED) is 0.849. The lowest BCUT2D eigenvalue weighted by molar-refractivity contribution is -0.0155. The van der Waals surface area contributed by atoms with E-state index in [4.69, 9.17) is 15.2 Å². The molecule has 2 rings (SSSR count). The molecule has 2 unspecified atom stereocenters. The van der Waals surface area contributed by atoms with E-state index in [1.807, 2.05) is 6.92 Å². The number of anilines is 1. The number of carbonyl (C=O) groups is 1. The van der Waals surface area contributed by atoms with Crippen molar-refractivity contribution in [3.63, 3.8) is 0 Å². The molecule has 1 aromatic heterocycles. The second-order valence-electron chi connectivity index (χ2n) is 5.24. The molecule has 1 aromatic rings. The first-order valence-electron chi connectivity index (χ1n) is 7.11. The molecule has 6 heteroatoms. The number of esters is 1. The molecular formula is C14H23N3O3. The minimum absolute atomic E-state index is 0.0967. The van der Waals surface area contributed by atoms with E-state index in [1.54, 1.807) is 14.2 Å². The maximum Gasteiger partial charge on any atom is 0.359 e. The molecule has 0 aliphatic heterocycles. The monoisotopic (exact) mass is 281 g/mol. The third-order valence-electron chi connectivity index (χ3n) is 3.87. The molecule has 1 saturated carbocycles. The highest BCUT2D eigenvalue weighted by atomic mass is 16.5. The molecule has 0 radical (unpaired) electrons. The van der Waals surface area contributed by atoms with Gasteiger partial charge in [0, 0.05) is 20.6 Å². The summed E-state index contributed by atoms with van der Waals surface area (Å²) in [4.78, 5) is 12.3. The predicted octanol–water partition coefficient (Wildman–Crippen LogP) is 1.68. The van der Waals surface area contributed by atoms with Gasteiger partial charge in [-0.15, -0.1) is 0 Å². The fourth-order valence-corrected chi connectivity index (χ4v) is 2.73. The Hall–Kier alpha value is -1.56.